The molecule has 36 heavy (non-hydrogen) atoms. The van der Waals surface area contributed by atoms with Crippen LogP contribution in [0.15, 0.2) is 55.0 Å². The number of rotatable bonds is 6. The Morgan fingerprint density at radius 1 is 1.03 bits per heavy atom. The molecule has 1 atom stereocenters. The first-order valence-electron chi connectivity index (χ1n) is 12.3. The monoisotopic (exact) mass is 496 g/mol. The molecule has 1 aliphatic rings. The smallest absolute Gasteiger partial charge is 0.277 e. The van der Waals surface area contributed by atoms with Crippen molar-refractivity contribution in [2.75, 3.05) is 27.2 Å². The molecule has 0 N–H and O–H groups in total. The predicted molar refractivity (Wildman–Crippen MR) is 137 cm³/mol. The number of nitrogens with zero attached hydrogens (tertiary/aromatic N) is 6. The minimum atomic E-state index is -0.302. The van der Waals surface area contributed by atoms with Crippen LogP contribution in [-0.4, -0.2) is 75.1 Å². The molecule has 10 heteroatoms. The van der Waals surface area contributed by atoms with Gasteiger partial charge in [0.2, 0.25) is 5.88 Å². The lowest BCUT2D eigenvalue weighted by Crippen LogP contribution is -2.44. The van der Waals surface area contributed by atoms with E-state index >= 15 is 0 Å². The second kappa shape index (κ2) is 14.6. The Kier molecular flexibility index (Phi) is 11.5. The first kappa shape index (κ1) is 28.4. The van der Waals surface area contributed by atoms with Crippen molar-refractivity contribution in [2.45, 2.75) is 46.6 Å². The van der Waals surface area contributed by atoms with Gasteiger partial charge in [-0.05, 0) is 31.0 Å². The highest BCUT2D eigenvalue weighted by Crippen LogP contribution is 2.22. The van der Waals surface area contributed by atoms with Gasteiger partial charge in [0.25, 0.3) is 11.8 Å². The number of hydrogen-bond donors (Lipinski definition) is 0. The van der Waals surface area contributed by atoms with Crippen LogP contribution in [-0.2, 0) is 4.84 Å². The van der Waals surface area contributed by atoms with Crippen molar-refractivity contribution in [3.63, 3.8) is 0 Å². The quantitative estimate of drug-likeness (QED) is 0.475. The molecular formula is C26H36N6O4. The predicted octanol–water partition coefficient (Wildman–Crippen LogP) is 4.03. The van der Waals surface area contributed by atoms with Crippen LogP contribution in [0.25, 0.3) is 5.69 Å². The second-order valence-corrected chi connectivity index (χ2v) is 7.34. The minimum absolute atomic E-state index is 0.107. The number of para-hydroxylation sites is 1. The van der Waals surface area contributed by atoms with E-state index in [4.69, 9.17) is 9.57 Å². The van der Waals surface area contributed by atoms with E-state index in [2.05, 4.69) is 15.2 Å². The Balaban J connectivity index is 0.00000109. The Morgan fingerprint density at radius 2 is 1.72 bits per heavy atom. The lowest BCUT2D eigenvalue weighted by Gasteiger charge is -2.33. The summed E-state index contributed by atoms with van der Waals surface area (Å²) in [4.78, 5) is 38.0. The number of piperidine rings is 1. The zero-order chi connectivity index (χ0) is 26.5. The van der Waals surface area contributed by atoms with E-state index in [0.29, 0.717) is 35.8 Å². The summed E-state index contributed by atoms with van der Waals surface area (Å²) in [7, 11) is 2.95. The maximum atomic E-state index is 13.3. The number of pyridine rings is 1. The van der Waals surface area contributed by atoms with Gasteiger partial charge in [0.15, 0.2) is 0 Å². The topological polar surface area (TPSA) is 103 Å². The van der Waals surface area contributed by atoms with Crippen LogP contribution in [0.5, 0.6) is 5.88 Å². The van der Waals surface area contributed by atoms with Gasteiger partial charge in [-0.25, -0.2) is 10.0 Å². The number of benzene rings is 1. The van der Waals surface area contributed by atoms with Crippen molar-refractivity contribution in [3.8, 4) is 11.6 Å². The summed E-state index contributed by atoms with van der Waals surface area (Å²) in [5.41, 5.74) is 1.56. The lowest BCUT2D eigenvalue weighted by atomic mass is 10.1. The Labute approximate surface area is 212 Å². The highest BCUT2D eigenvalue weighted by Gasteiger charge is 2.28. The minimum Gasteiger partial charge on any atom is -0.472 e. The molecule has 1 fully saturated rings. The molecule has 0 aliphatic carbocycles. The van der Waals surface area contributed by atoms with Crippen molar-refractivity contribution in [3.05, 3.63) is 66.1 Å². The van der Waals surface area contributed by atoms with E-state index in [1.165, 1.54) is 25.2 Å². The van der Waals surface area contributed by atoms with Gasteiger partial charge >= 0.3 is 0 Å². The van der Waals surface area contributed by atoms with Crippen molar-refractivity contribution < 1.29 is 19.2 Å². The largest absolute Gasteiger partial charge is 0.472 e. The van der Waals surface area contributed by atoms with E-state index in [0.717, 1.165) is 17.9 Å². The molecule has 1 aromatic carbocycles. The summed E-state index contributed by atoms with van der Waals surface area (Å²) in [6.07, 6.45) is 6.00. The van der Waals surface area contributed by atoms with Gasteiger partial charge < -0.3 is 9.64 Å². The summed E-state index contributed by atoms with van der Waals surface area (Å²) in [5, 5.41) is 9.43. The Hall–Kier alpha value is -3.79. The summed E-state index contributed by atoms with van der Waals surface area (Å²) < 4.78 is 6.03. The molecule has 1 unspecified atom stereocenters. The first-order valence-corrected chi connectivity index (χ1v) is 12.3. The summed E-state index contributed by atoms with van der Waals surface area (Å²) in [6.45, 7) is 9.04. The van der Waals surface area contributed by atoms with E-state index in [1.54, 1.807) is 35.5 Å². The highest BCUT2D eigenvalue weighted by atomic mass is 16.7. The molecule has 3 aromatic rings. The third-order valence-corrected chi connectivity index (χ3v) is 5.26. The third kappa shape index (κ3) is 7.11. The molecule has 194 valence electrons. The maximum absolute atomic E-state index is 13.3. The Bertz CT molecular complexity index is 1090. The number of hydrogen-bond acceptors (Lipinski definition) is 7. The Morgan fingerprint density at radius 3 is 2.42 bits per heavy atom. The van der Waals surface area contributed by atoms with Crippen LogP contribution in [0.3, 0.4) is 0 Å². The molecule has 0 bridgehead atoms. The fourth-order valence-electron chi connectivity index (χ4n) is 3.60. The van der Waals surface area contributed by atoms with Crippen LogP contribution < -0.4 is 4.74 Å². The van der Waals surface area contributed by atoms with Gasteiger partial charge in [-0.1, -0.05) is 39.8 Å². The lowest BCUT2D eigenvalue weighted by molar-refractivity contribution is -0.0757. The van der Waals surface area contributed by atoms with E-state index in [9.17, 15) is 9.59 Å². The number of amides is 2. The van der Waals surface area contributed by atoms with Gasteiger partial charge in [-0.2, -0.15) is 15.0 Å². The molecule has 1 saturated heterocycles. The van der Waals surface area contributed by atoms with E-state index in [1.807, 2.05) is 45.9 Å². The number of carbonyl (C=O) groups is 2. The molecule has 1 aliphatic heterocycles. The molecular weight excluding hydrogens is 460 g/mol. The number of aromatic nitrogens is 4. The third-order valence-electron chi connectivity index (χ3n) is 5.26. The number of carbonyl (C=O) groups excluding carboxylic acids is 2. The fourth-order valence-corrected chi connectivity index (χ4v) is 3.60. The zero-order valence-electron chi connectivity index (χ0n) is 21.9. The van der Waals surface area contributed by atoms with Crippen molar-refractivity contribution in [1.82, 2.24) is 29.9 Å². The number of ether oxygens (including phenoxy) is 1. The number of likely N-dealkylation sites (tertiary alicyclic amines) is 1. The van der Waals surface area contributed by atoms with Crippen LogP contribution in [0.1, 0.15) is 61.3 Å². The maximum Gasteiger partial charge on any atom is 0.277 e. The average Bonchev–Trinajstić information content (AvgIpc) is 3.49. The molecule has 0 saturated carbocycles. The van der Waals surface area contributed by atoms with Crippen LogP contribution in [0.4, 0.5) is 0 Å². The molecule has 2 aromatic heterocycles. The SMILES string of the molecule is CC.CC.CON(C)C(=O)c1ccnc(OC2CCCN(C(=O)c3ccccc3-n3nccn3)C2)c1. The number of hydroxylamine groups is 2. The van der Waals surface area contributed by atoms with Gasteiger partial charge in [-0.15, -0.1) is 0 Å². The molecule has 4 rings (SSSR count). The van der Waals surface area contributed by atoms with Gasteiger partial charge in [0.05, 0.1) is 37.3 Å². The first-order chi connectivity index (χ1) is 17.6. The normalized spacial score (nSPS) is 14.5. The standard InChI is InChI=1S/C22H24N6O4.2C2H6/c1-26(31-2)21(29)16-9-10-23-20(14-16)32-17-6-5-13-27(15-17)22(30)18-7-3-4-8-19(18)28-24-11-12-25-28;2*1-2/h3-4,7-12,14,17H,5-6,13,15H2,1-2H3;2*1-2H3. The zero-order valence-corrected chi connectivity index (χ0v) is 21.9. The van der Waals surface area contributed by atoms with Crippen molar-refractivity contribution in [2.24, 2.45) is 0 Å². The molecule has 3 heterocycles. The van der Waals surface area contributed by atoms with E-state index < -0.39 is 0 Å². The second-order valence-electron chi connectivity index (χ2n) is 7.34. The molecule has 10 nitrogen and oxygen atoms in total. The van der Waals surface area contributed by atoms with Crippen LogP contribution in [0.2, 0.25) is 0 Å². The molecule has 0 spiro atoms. The van der Waals surface area contributed by atoms with Gasteiger partial charge in [0.1, 0.15) is 6.10 Å². The van der Waals surface area contributed by atoms with Crippen molar-refractivity contribution in [1.29, 1.82) is 0 Å². The summed E-state index contributed by atoms with van der Waals surface area (Å²) in [5.74, 6) is -0.0744. The van der Waals surface area contributed by atoms with Crippen LogP contribution in [0, 0.1) is 0 Å². The summed E-state index contributed by atoms with van der Waals surface area (Å²) >= 11 is 0. The van der Waals surface area contributed by atoms with Gasteiger partial charge in [0, 0.05) is 31.4 Å². The summed E-state index contributed by atoms with van der Waals surface area (Å²) in [6, 6.07) is 10.4. The average molecular weight is 497 g/mol. The molecule has 2 amide bonds. The fraction of sp³-hybridized carbons (Fsp3) is 0.423. The highest BCUT2D eigenvalue weighted by molar-refractivity contribution is 5.97. The van der Waals surface area contributed by atoms with Crippen LogP contribution >= 0.6 is 0 Å². The van der Waals surface area contributed by atoms with Gasteiger partial charge in [-0.3, -0.25) is 14.4 Å². The molecule has 0 radical (unpaired) electrons. The van der Waals surface area contributed by atoms with Crippen molar-refractivity contribution >= 4 is 11.8 Å². The van der Waals surface area contributed by atoms with E-state index in [-0.39, 0.29) is 17.9 Å².